The van der Waals surface area contributed by atoms with Gasteiger partial charge in [-0.25, -0.2) is 4.99 Å². The van der Waals surface area contributed by atoms with Crippen LogP contribution in [0.2, 0.25) is 0 Å². The van der Waals surface area contributed by atoms with E-state index in [1.165, 1.54) is 11.1 Å². The van der Waals surface area contributed by atoms with Gasteiger partial charge in [0.25, 0.3) is 0 Å². The highest BCUT2D eigenvalue weighted by atomic mass is 16.5. The van der Waals surface area contributed by atoms with E-state index in [0.717, 1.165) is 12.1 Å². The van der Waals surface area contributed by atoms with Gasteiger partial charge in [-0.15, -0.1) is 0 Å². The van der Waals surface area contributed by atoms with Gasteiger partial charge in [0.15, 0.2) is 5.96 Å². The zero-order chi connectivity index (χ0) is 14.9. The van der Waals surface area contributed by atoms with Gasteiger partial charge < -0.3 is 15.8 Å². The van der Waals surface area contributed by atoms with Crippen LogP contribution in [-0.2, 0) is 4.74 Å². The quantitative estimate of drug-likeness (QED) is 0.658. The SMILES string of the molecule is COC1CC(N=C(N)Nc2cc(C)cc(C)c2)C1(C)C. The molecule has 4 heteroatoms. The molecule has 0 aromatic heterocycles. The van der Waals surface area contributed by atoms with Crippen molar-refractivity contribution in [1.29, 1.82) is 0 Å². The van der Waals surface area contributed by atoms with Crippen molar-refractivity contribution in [2.24, 2.45) is 16.1 Å². The predicted molar refractivity (Wildman–Crippen MR) is 84.1 cm³/mol. The summed E-state index contributed by atoms with van der Waals surface area (Å²) >= 11 is 0. The number of aliphatic imine (C=N–C) groups is 1. The van der Waals surface area contributed by atoms with E-state index in [2.05, 4.69) is 56.2 Å². The number of guanidine groups is 1. The Balaban J connectivity index is 2.05. The molecule has 0 bridgehead atoms. The first kappa shape index (κ1) is 14.9. The molecule has 2 unspecified atom stereocenters. The van der Waals surface area contributed by atoms with Crippen molar-refractivity contribution in [1.82, 2.24) is 0 Å². The van der Waals surface area contributed by atoms with E-state index in [1.807, 2.05) is 0 Å². The molecular weight excluding hydrogens is 250 g/mol. The minimum Gasteiger partial charge on any atom is -0.381 e. The Labute approximate surface area is 121 Å². The van der Waals surface area contributed by atoms with Gasteiger partial charge in [0.1, 0.15) is 0 Å². The number of hydrogen-bond acceptors (Lipinski definition) is 2. The second-order valence-electron chi connectivity index (χ2n) is 6.31. The molecule has 1 aromatic carbocycles. The molecule has 0 aliphatic heterocycles. The summed E-state index contributed by atoms with van der Waals surface area (Å²) in [4.78, 5) is 4.59. The molecule has 1 saturated carbocycles. The Bertz CT molecular complexity index is 502. The highest BCUT2D eigenvalue weighted by Crippen LogP contribution is 2.44. The van der Waals surface area contributed by atoms with E-state index in [0.29, 0.717) is 5.96 Å². The molecule has 0 amide bonds. The van der Waals surface area contributed by atoms with Crippen molar-refractivity contribution in [3.05, 3.63) is 29.3 Å². The number of benzene rings is 1. The lowest BCUT2D eigenvalue weighted by Gasteiger charge is -2.48. The molecule has 110 valence electrons. The maximum Gasteiger partial charge on any atom is 0.193 e. The monoisotopic (exact) mass is 275 g/mol. The summed E-state index contributed by atoms with van der Waals surface area (Å²) in [5.74, 6) is 0.475. The third-order valence-corrected chi connectivity index (χ3v) is 4.20. The Kier molecular flexibility index (Phi) is 4.04. The van der Waals surface area contributed by atoms with Crippen molar-refractivity contribution in [3.8, 4) is 0 Å². The maximum absolute atomic E-state index is 6.02. The van der Waals surface area contributed by atoms with Crippen LogP contribution in [0.15, 0.2) is 23.2 Å². The average molecular weight is 275 g/mol. The first-order valence-corrected chi connectivity index (χ1v) is 7.04. The highest BCUT2D eigenvalue weighted by molar-refractivity contribution is 5.92. The number of anilines is 1. The lowest BCUT2D eigenvalue weighted by atomic mass is 9.65. The van der Waals surface area contributed by atoms with Crippen LogP contribution in [0.3, 0.4) is 0 Å². The minimum absolute atomic E-state index is 0.0452. The fraction of sp³-hybridized carbons (Fsp3) is 0.562. The van der Waals surface area contributed by atoms with E-state index >= 15 is 0 Å². The zero-order valence-electron chi connectivity index (χ0n) is 13.0. The number of rotatable bonds is 3. The number of nitrogens with zero attached hydrogens (tertiary/aromatic N) is 1. The summed E-state index contributed by atoms with van der Waals surface area (Å²) in [6.45, 7) is 8.49. The van der Waals surface area contributed by atoms with Crippen molar-refractivity contribution in [3.63, 3.8) is 0 Å². The second kappa shape index (κ2) is 5.44. The van der Waals surface area contributed by atoms with Gasteiger partial charge in [0.05, 0.1) is 12.1 Å². The van der Waals surface area contributed by atoms with E-state index in [-0.39, 0.29) is 17.6 Å². The zero-order valence-corrected chi connectivity index (χ0v) is 13.0. The summed E-state index contributed by atoms with van der Waals surface area (Å²) < 4.78 is 5.43. The van der Waals surface area contributed by atoms with E-state index in [4.69, 9.17) is 10.5 Å². The molecule has 0 radical (unpaired) electrons. The number of methoxy groups -OCH3 is 1. The number of hydrogen-bond donors (Lipinski definition) is 2. The van der Waals surface area contributed by atoms with Gasteiger partial charge in [0.2, 0.25) is 0 Å². The topological polar surface area (TPSA) is 59.6 Å². The number of nitrogens with one attached hydrogen (secondary N) is 1. The van der Waals surface area contributed by atoms with Crippen molar-refractivity contribution in [2.45, 2.75) is 46.3 Å². The van der Waals surface area contributed by atoms with Crippen molar-refractivity contribution >= 4 is 11.6 Å². The van der Waals surface area contributed by atoms with Gasteiger partial charge in [-0.05, 0) is 43.5 Å². The Morgan fingerprint density at radius 3 is 2.40 bits per heavy atom. The number of ether oxygens (including phenoxy) is 1. The van der Waals surface area contributed by atoms with Gasteiger partial charge in [-0.1, -0.05) is 19.9 Å². The first-order chi connectivity index (χ1) is 9.32. The van der Waals surface area contributed by atoms with Gasteiger partial charge in [0, 0.05) is 18.2 Å². The average Bonchev–Trinajstić information content (AvgIpc) is 2.32. The van der Waals surface area contributed by atoms with Gasteiger partial charge in [-0.3, -0.25) is 0 Å². The largest absolute Gasteiger partial charge is 0.381 e. The first-order valence-electron chi connectivity index (χ1n) is 7.04. The molecule has 1 fully saturated rings. The standard InChI is InChI=1S/C16H25N3O/c1-10-6-11(2)8-12(7-10)18-15(17)19-13-9-14(20-5)16(13,3)4/h6-8,13-14H,9H2,1-5H3,(H3,17,18,19). The molecule has 2 atom stereocenters. The lowest BCUT2D eigenvalue weighted by Crippen LogP contribution is -2.54. The molecule has 1 aromatic rings. The summed E-state index contributed by atoms with van der Waals surface area (Å²) in [5.41, 5.74) is 9.48. The lowest BCUT2D eigenvalue weighted by molar-refractivity contribution is -0.0850. The van der Waals surface area contributed by atoms with E-state index in [1.54, 1.807) is 7.11 Å². The molecule has 1 aliphatic carbocycles. The van der Waals surface area contributed by atoms with Crippen LogP contribution in [0, 0.1) is 19.3 Å². The molecule has 4 nitrogen and oxygen atoms in total. The number of nitrogens with two attached hydrogens (primary N) is 1. The molecule has 0 saturated heterocycles. The molecule has 0 spiro atoms. The van der Waals surface area contributed by atoms with Crippen LogP contribution in [0.1, 0.15) is 31.4 Å². The molecule has 1 aliphatic rings. The minimum atomic E-state index is 0.0452. The normalized spacial score (nSPS) is 25.1. The fourth-order valence-corrected chi connectivity index (χ4v) is 2.88. The van der Waals surface area contributed by atoms with Crippen LogP contribution in [0.5, 0.6) is 0 Å². The van der Waals surface area contributed by atoms with Crippen LogP contribution < -0.4 is 11.1 Å². The van der Waals surface area contributed by atoms with Crippen molar-refractivity contribution < 1.29 is 4.74 Å². The summed E-state index contributed by atoms with van der Waals surface area (Å²) in [6, 6.07) is 6.49. The number of aryl methyl sites for hydroxylation is 2. The van der Waals surface area contributed by atoms with Crippen LogP contribution in [0.25, 0.3) is 0 Å². The summed E-state index contributed by atoms with van der Waals surface area (Å²) in [6.07, 6.45) is 1.20. The molecule has 20 heavy (non-hydrogen) atoms. The summed E-state index contributed by atoms with van der Waals surface area (Å²) in [7, 11) is 1.75. The molecule has 3 N–H and O–H groups in total. The van der Waals surface area contributed by atoms with Crippen LogP contribution >= 0.6 is 0 Å². The van der Waals surface area contributed by atoms with E-state index in [9.17, 15) is 0 Å². The molecule has 2 rings (SSSR count). The Morgan fingerprint density at radius 1 is 1.30 bits per heavy atom. The smallest absolute Gasteiger partial charge is 0.193 e. The highest BCUT2D eigenvalue weighted by Gasteiger charge is 2.48. The predicted octanol–water partition coefficient (Wildman–Crippen LogP) is 2.84. The molecular formula is C16H25N3O. The maximum atomic E-state index is 6.02. The van der Waals surface area contributed by atoms with Gasteiger partial charge in [-0.2, -0.15) is 0 Å². The van der Waals surface area contributed by atoms with Crippen LogP contribution in [0.4, 0.5) is 5.69 Å². The fourth-order valence-electron chi connectivity index (χ4n) is 2.88. The summed E-state index contributed by atoms with van der Waals surface area (Å²) in [5, 5.41) is 3.18. The second-order valence-corrected chi connectivity index (χ2v) is 6.31. The molecule has 0 heterocycles. The van der Waals surface area contributed by atoms with Gasteiger partial charge >= 0.3 is 0 Å². The van der Waals surface area contributed by atoms with Crippen molar-refractivity contribution in [2.75, 3.05) is 12.4 Å². The Morgan fingerprint density at radius 2 is 1.90 bits per heavy atom. The third-order valence-electron chi connectivity index (χ3n) is 4.20. The van der Waals surface area contributed by atoms with E-state index < -0.39 is 0 Å². The Hall–Kier alpha value is -1.55. The van der Waals surface area contributed by atoms with Crippen LogP contribution in [-0.4, -0.2) is 25.2 Å². The third kappa shape index (κ3) is 2.96.